The Morgan fingerprint density at radius 3 is 2.52 bits per heavy atom. The number of carbonyl (C=O) groups is 2. The van der Waals surface area contributed by atoms with Gasteiger partial charge in [0.05, 0.1) is 6.61 Å². The number of fused-ring (bicyclic) bond motifs is 1. The molecule has 2 aromatic rings. The maximum Gasteiger partial charge on any atom is 0.313 e. The molecule has 1 aliphatic heterocycles. The Balaban J connectivity index is 2.09. The number of nitrogens with zero attached hydrogens (tertiary/aromatic N) is 1. The highest BCUT2D eigenvalue weighted by molar-refractivity contribution is 6.34. The third-order valence-corrected chi connectivity index (χ3v) is 4.47. The van der Waals surface area contributed by atoms with Crippen molar-refractivity contribution >= 4 is 11.7 Å². The summed E-state index contributed by atoms with van der Waals surface area (Å²) in [4.78, 5) is 29.0. The smallest absolute Gasteiger partial charge is 0.313 e. The average Bonchev–Trinajstić information content (AvgIpc) is 2.62. The molecule has 0 spiro atoms. The lowest BCUT2D eigenvalue weighted by atomic mass is 9.88. The molecule has 2 atom stereocenters. The summed E-state index contributed by atoms with van der Waals surface area (Å²) in [6.45, 7) is 3.23. The van der Waals surface area contributed by atoms with Gasteiger partial charge in [-0.05, 0) is 30.2 Å². The van der Waals surface area contributed by atoms with Crippen LogP contribution < -0.4 is 0 Å². The first-order chi connectivity index (χ1) is 12.7. The molecular formula is C20H21NO6. The molecule has 0 saturated heterocycles. The zero-order valence-electron chi connectivity index (χ0n) is 15.3. The number of rotatable bonds is 4. The van der Waals surface area contributed by atoms with E-state index in [-0.39, 0.29) is 12.4 Å². The lowest BCUT2D eigenvalue weighted by Crippen LogP contribution is -2.48. The van der Waals surface area contributed by atoms with Crippen molar-refractivity contribution in [2.45, 2.75) is 32.3 Å². The van der Waals surface area contributed by atoms with Gasteiger partial charge in [0.15, 0.2) is 0 Å². The Hall–Kier alpha value is -2.74. The van der Waals surface area contributed by atoms with Crippen LogP contribution in [0.25, 0.3) is 0 Å². The minimum Gasteiger partial charge on any atom is -0.508 e. The molecule has 27 heavy (non-hydrogen) atoms. The molecule has 1 heterocycles. The Labute approximate surface area is 156 Å². The largest absolute Gasteiger partial charge is 0.508 e. The number of amides is 1. The Morgan fingerprint density at radius 1 is 1.22 bits per heavy atom. The number of Topliss-reactive ketones (excluding diaryl/α,β-unsaturated/α-hetero) is 1. The summed E-state index contributed by atoms with van der Waals surface area (Å²) in [5.74, 6) is -3.59. The molecule has 3 rings (SSSR count). The average molecular weight is 371 g/mol. The molecule has 2 aromatic carbocycles. The number of ketones is 1. The van der Waals surface area contributed by atoms with Gasteiger partial charge in [0, 0.05) is 19.5 Å². The van der Waals surface area contributed by atoms with E-state index < -0.39 is 23.6 Å². The number of likely N-dealkylation sites (N-methyl/N-ethyl adjacent to an activating group) is 1. The molecule has 7 heteroatoms. The van der Waals surface area contributed by atoms with Gasteiger partial charge in [0.1, 0.15) is 11.9 Å². The van der Waals surface area contributed by atoms with Gasteiger partial charge in [-0.3, -0.25) is 9.59 Å². The third kappa shape index (κ3) is 3.57. The minimum absolute atomic E-state index is 0.0686. The topological polar surface area (TPSA) is 96.3 Å². The highest BCUT2D eigenvalue weighted by atomic mass is 16.8. The van der Waals surface area contributed by atoms with Crippen LogP contribution in [0.15, 0.2) is 42.5 Å². The van der Waals surface area contributed by atoms with E-state index in [1.807, 2.05) is 19.1 Å². The summed E-state index contributed by atoms with van der Waals surface area (Å²) < 4.78 is 5.85. The predicted octanol–water partition coefficient (Wildman–Crippen LogP) is 2.10. The Kier molecular flexibility index (Phi) is 5.01. The van der Waals surface area contributed by atoms with E-state index in [4.69, 9.17) is 9.57 Å². The monoisotopic (exact) mass is 371 g/mol. The molecular weight excluding hydrogens is 350 g/mol. The number of carbonyl (C=O) groups excluding carboxylic acids is 2. The number of phenols is 1. The second kappa shape index (κ2) is 7.11. The number of hydroxylamine groups is 2. The van der Waals surface area contributed by atoms with E-state index in [2.05, 4.69) is 0 Å². The van der Waals surface area contributed by atoms with Crippen molar-refractivity contribution in [1.82, 2.24) is 5.06 Å². The van der Waals surface area contributed by atoms with Gasteiger partial charge in [-0.15, -0.1) is 0 Å². The number of phenolic OH excluding ortho intramolecular Hbond substituents is 1. The predicted molar refractivity (Wildman–Crippen MR) is 95.2 cm³/mol. The fourth-order valence-electron chi connectivity index (χ4n) is 3.12. The van der Waals surface area contributed by atoms with Gasteiger partial charge >= 0.3 is 5.91 Å². The van der Waals surface area contributed by atoms with Gasteiger partial charge in [-0.1, -0.05) is 35.9 Å². The first-order valence-corrected chi connectivity index (χ1v) is 8.43. The number of hydrogen-bond acceptors (Lipinski definition) is 6. The van der Waals surface area contributed by atoms with E-state index in [9.17, 15) is 19.8 Å². The maximum absolute atomic E-state index is 12.0. The van der Waals surface area contributed by atoms with E-state index >= 15 is 0 Å². The van der Waals surface area contributed by atoms with Crippen LogP contribution in [0.1, 0.15) is 35.3 Å². The molecule has 0 fully saturated rings. The molecule has 142 valence electrons. The van der Waals surface area contributed by atoms with Crippen LogP contribution in [0.5, 0.6) is 5.75 Å². The lowest BCUT2D eigenvalue weighted by molar-refractivity contribution is -0.364. The number of aromatic hydroxyl groups is 1. The van der Waals surface area contributed by atoms with Crippen molar-refractivity contribution in [3.05, 3.63) is 64.7 Å². The van der Waals surface area contributed by atoms with Crippen LogP contribution in [0.4, 0.5) is 0 Å². The molecule has 0 aliphatic carbocycles. The van der Waals surface area contributed by atoms with Crippen molar-refractivity contribution in [2.24, 2.45) is 0 Å². The quantitative estimate of drug-likeness (QED) is 0.485. The van der Waals surface area contributed by atoms with Crippen LogP contribution >= 0.6 is 0 Å². The SMILES string of the molecule is CC(=O)C(=O)N(C)OC1(O)c2cc(C)ccc2COC1c1ccc(O)cc1. The highest BCUT2D eigenvalue weighted by Gasteiger charge is 2.48. The van der Waals surface area contributed by atoms with E-state index in [0.29, 0.717) is 16.7 Å². The molecule has 2 N–H and O–H groups in total. The van der Waals surface area contributed by atoms with Crippen LogP contribution in [-0.4, -0.2) is 34.0 Å². The fraction of sp³-hybridized carbons (Fsp3) is 0.300. The number of aryl methyl sites for hydroxylation is 1. The van der Waals surface area contributed by atoms with Crippen LogP contribution in [0, 0.1) is 6.92 Å². The standard InChI is InChI=1S/C20H21NO6/c1-12-4-5-15-11-26-18(14-6-8-16(23)9-7-14)20(25,17(15)10-12)27-21(3)19(24)13(2)22/h4-10,18,23,25H,11H2,1-3H3. The fourth-order valence-corrected chi connectivity index (χ4v) is 3.12. The molecule has 0 aromatic heterocycles. The summed E-state index contributed by atoms with van der Waals surface area (Å²) in [6.07, 6.45) is -0.977. The summed E-state index contributed by atoms with van der Waals surface area (Å²) in [7, 11) is 1.26. The second-order valence-corrected chi connectivity index (χ2v) is 6.59. The van der Waals surface area contributed by atoms with Gasteiger partial charge in [0.25, 0.3) is 0 Å². The molecule has 0 bridgehead atoms. The van der Waals surface area contributed by atoms with E-state index in [1.165, 1.54) is 19.2 Å². The van der Waals surface area contributed by atoms with Crippen molar-refractivity contribution in [1.29, 1.82) is 0 Å². The number of benzene rings is 2. The molecule has 1 aliphatic rings. The first-order valence-electron chi connectivity index (χ1n) is 8.43. The van der Waals surface area contributed by atoms with E-state index in [1.54, 1.807) is 18.2 Å². The zero-order chi connectivity index (χ0) is 19.8. The molecule has 0 saturated carbocycles. The lowest BCUT2D eigenvalue weighted by Gasteiger charge is -2.42. The van der Waals surface area contributed by atoms with Crippen molar-refractivity contribution in [3.63, 3.8) is 0 Å². The summed E-state index contributed by atoms with van der Waals surface area (Å²) >= 11 is 0. The first kappa shape index (κ1) is 19.0. The summed E-state index contributed by atoms with van der Waals surface area (Å²) in [5, 5.41) is 21.8. The van der Waals surface area contributed by atoms with Gasteiger partial charge in [-0.25, -0.2) is 9.90 Å². The zero-order valence-corrected chi connectivity index (χ0v) is 15.3. The van der Waals surface area contributed by atoms with Crippen LogP contribution in [0.2, 0.25) is 0 Å². The van der Waals surface area contributed by atoms with E-state index in [0.717, 1.165) is 17.6 Å². The van der Waals surface area contributed by atoms with Crippen LogP contribution in [0.3, 0.4) is 0 Å². The Bertz CT molecular complexity index is 879. The van der Waals surface area contributed by atoms with Crippen molar-refractivity contribution in [3.8, 4) is 5.75 Å². The summed E-state index contributed by atoms with van der Waals surface area (Å²) in [6, 6.07) is 11.6. The molecule has 7 nitrogen and oxygen atoms in total. The molecule has 0 radical (unpaired) electrons. The summed E-state index contributed by atoms with van der Waals surface area (Å²) in [5.41, 5.74) is 2.60. The van der Waals surface area contributed by atoms with Crippen molar-refractivity contribution < 1.29 is 29.4 Å². The van der Waals surface area contributed by atoms with Gasteiger partial charge < -0.3 is 14.9 Å². The molecule has 1 amide bonds. The third-order valence-electron chi connectivity index (χ3n) is 4.47. The molecule has 2 unspecified atom stereocenters. The Morgan fingerprint density at radius 2 is 1.89 bits per heavy atom. The normalized spacial score (nSPS) is 21.4. The number of ether oxygens (including phenoxy) is 1. The number of aliphatic hydroxyl groups is 1. The maximum atomic E-state index is 12.0. The number of hydrogen-bond donors (Lipinski definition) is 2. The second-order valence-electron chi connectivity index (χ2n) is 6.59. The minimum atomic E-state index is -2.05. The van der Waals surface area contributed by atoms with Crippen molar-refractivity contribution in [2.75, 3.05) is 7.05 Å². The van der Waals surface area contributed by atoms with Gasteiger partial charge in [0.2, 0.25) is 11.6 Å². The highest BCUT2D eigenvalue weighted by Crippen LogP contribution is 2.45. The van der Waals surface area contributed by atoms with Gasteiger partial charge in [-0.2, -0.15) is 0 Å². The van der Waals surface area contributed by atoms with Crippen LogP contribution in [-0.2, 0) is 31.6 Å².